The van der Waals surface area contributed by atoms with Crippen molar-refractivity contribution < 1.29 is 19.1 Å². The van der Waals surface area contributed by atoms with Crippen molar-refractivity contribution >= 4 is 11.8 Å². The maximum Gasteiger partial charge on any atom is 0.257 e. The average molecular weight is 239 g/mol. The molecule has 2 amide bonds. The molecule has 2 aliphatic heterocycles. The van der Waals surface area contributed by atoms with Gasteiger partial charge in [0.25, 0.3) is 11.8 Å². The van der Waals surface area contributed by atoms with Gasteiger partial charge in [-0.2, -0.15) is 0 Å². The minimum Gasteiger partial charge on any atom is -0.354 e. The van der Waals surface area contributed by atoms with Crippen LogP contribution in [0.1, 0.15) is 26.7 Å². The summed E-state index contributed by atoms with van der Waals surface area (Å²) in [4.78, 5) is 25.3. The van der Waals surface area contributed by atoms with Crippen molar-refractivity contribution in [3.63, 3.8) is 0 Å². The highest BCUT2D eigenvalue weighted by Crippen LogP contribution is 2.28. The van der Waals surface area contributed by atoms with Gasteiger partial charge in [-0.1, -0.05) is 0 Å². The summed E-state index contributed by atoms with van der Waals surface area (Å²) >= 11 is 0. The topological polar surface area (TPSA) is 55.8 Å². The number of amides is 2. The van der Waals surface area contributed by atoms with E-state index in [-0.39, 0.29) is 17.9 Å². The Hall–Kier alpha value is -1.20. The third-order valence-electron chi connectivity index (χ3n) is 3.45. The first-order valence-electron chi connectivity index (χ1n) is 5.77. The van der Waals surface area contributed by atoms with Gasteiger partial charge in [0, 0.05) is 24.9 Å². The van der Waals surface area contributed by atoms with Gasteiger partial charge in [0.05, 0.1) is 6.04 Å². The second-order valence-electron chi connectivity index (χ2n) is 4.41. The minimum atomic E-state index is -0.504. The van der Waals surface area contributed by atoms with E-state index in [0.29, 0.717) is 17.8 Å². The molecule has 2 aliphatic rings. The fourth-order valence-electron chi connectivity index (χ4n) is 2.29. The van der Waals surface area contributed by atoms with E-state index in [1.54, 1.807) is 13.8 Å². The Morgan fingerprint density at radius 1 is 1.24 bits per heavy atom. The van der Waals surface area contributed by atoms with Crippen molar-refractivity contribution in [2.24, 2.45) is 0 Å². The Labute approximate surface area is 100 Å². The van der Waals surface area contributed by atoms with Crippen LogP contribution in [0, 0.1) is 0 Å². The quantitative estimate of drug-likeness (QED) is 0.670. The summed E-state index contributed by atoms with van der Waals surface area (Å²) in [6.07, 6.45) is 1.06. The summed E-state index contributed by atoms with van der Waals surface area (Å²) in [6.45, 7) is 3.97. The van der Waals surface area contributed by atoms with Gasteiger partial charge in [0.15, 0.2) is 6.29 Å². The van der Waals surface area contributed by atoms with E-state index < -0.39 is 6.29 Å². The molecule has 0 aromatic carbocycles. The Morgan fingerprint density at radius 3 is 2.35 bits per heavy atom. The SMILES string of the molecule is CO[C@H]1OCCC[C@H]1N1C(=O)C(C)=C(C)C1=O. The molecule has 1 fully saturated rings. The van der Waals surface area contributed by atoms with Gasteiger partial charge in [-0.05, 0) is 26.7 Å². The van der Waals surface area contributed by atoms with Crippen LogP contribution in [0.2, 0.25) is 0 Å². The molecular formula is C12H17NO4. The first kappa shape index (κ1) is 12.3. The molecule has 0 bridgehead atoms. The lowest BCUT2D eigenvalue weighted by Gasteiger charge is -2.35. The number of ether oxygens (including phenoxy) is 2. The standard InChI is InChI=1S/C12H17NO4/c1-7-8(2)11(15)13(10(7)14)9-5-4-6-17-12(9)16-3/h9,12H,4-6H2,1-3H3/t9-,12+/m1/s1. The highest BCUT2D eigenvalue weighted by Gasteiger charge is 2.43. The third kappa shape index (κ3) is 1.89. The first-order valence-corrected chi connectivity index (χ1v) is 5.77. The minimum absolute atomic E-state index is 0.218. The zero-order valence-electron chi connectivity index (χ0n) is 10.4. The molecule has 0 spiro atoms. The molecule has 5 nitrogen and oxygen atoms in total. The van der Waals surface area contributed by atoms with E-state index in [1.807, 2.05) is 0 Å². The van der Waals surface area contributed by atoms with Crippen LogP contribution < -0.4 is 0 Å². The van der Waals surface area contributed by atoms with Crippen LogP contribution in [0.5, 0.6) is 0 Å². The van der Waals surface area contributed by atoms with Crippen LogP contribution in [0.4, 0.5) is 0 Å². The van der Waals surface area contributed by atoms with Gasteiger partial charge in [-0.15, -0.1) is 0 Å². The fraction of sp³-hybridized carbons (Fsp3) is 0.667. The highest BCUT2D eigenvalue weighted by atomic mass is 16.7. The van der Waals surface area contributed by atoms with Crippen LogP contribution in [0.3, 0.4) is 0 Å². The maximum atomic E-state index is 12.0. The van der Waals surface area contributed by atoms with Crippen molar-refractivity contribution in [3.8, 4) is 0 Å². The summed E-state index contributed by atoms with van der Waals surface area (Å²) < 4.78 is 10.6. The molecule has 94 valence electrons. The van der Waals surface area contributed by atoms with E-state index in [2.05, 4.69) is 0 Å². The van der Waals surface area contributed by atoms with E-state index >= 15 is 0 Å². The lowest BCUT2D eigenvalue weighted by Crippen LogP contribution is -2.51. The average Bonchev–Trinajstić information content (AvgIpc) is 2.54. The number of carbonyl (C=O) groups is 2. The van der Waals surface area contributed by atoms with Crippen LogP contribution >= 0.6 is 0 Å². The molecule has 2 atom stereocenters. The predicted octanol–water partition coefficient (Wildman–Crippen LogP) is 0.843. The number of hydrogen-bond donors (Lipinski definition) is 0. The summed E-state index contributed by atoms with van der Waals surface area (Å²) in [5, 5.41) is 0. The van der Waals surface area contributed by atoms with E-state index in [9.17, 15) is 9.59 Å². The van der Waals surface area contributed by atoms with Gasteiger partial charge in [-0.3, -0.25) is 14.5 Å². The normalized spacial score (nSPS) is 30.4. The number of hydrogen-bond acceptors (Lipinski definition) is 4. The number of nitrogens with zero attached hydrogens (tertiary/aromatic N) is 1. The molecule has 0 N–H and O–H groups in total. The van der Waals surface area contributed by atoms with Gasteiger partial charge in [-0.25, -0.2) is 0 Å². The molecule has 2 heterocycles. The van der Waals surface area contributed by atoms with E-state index in [4.69, 9.17) is 9.47 Å². The Balaban J connectivity index is 2.23. The second kappa shape index (κ2) is 4.58. The molecule has 0 aromatic heterocycles. The molecule has 0 unspecified atom stereocenters. The molecule has 0 aliphatic carbocycles. The van der Waals surface area contributed by atoms with Crippen molar-refractivity contribution in [2.75, 3.05) is 13.7 Å². The fourth-order valence-corrected chi connectivity index (χ4v) is 2.29. The van der Waals surface area contributed by atoms with Crippen molar-refractivity contribution in [1.82, 2.24) is 4.90 Å². The van der Waals surface area contributed by atoms with Gasteiger partial charge < -0.3 is 9.47 Å². The third-order valence-corrected chi connectivity index (χ3v) is 3.45. The lowest BCUT2D eigenvalue weighted by molar-refractivity contribution is -0.189. The van der Waals surface area contributed by atoms with Crippen LogP contribution in [-0.4, -0.2) is 42.8 Å². The summed E-state index contributed by atoms with van der Waals surface area (Å²) in [7, 11) is 1.53. The smallest absolute Gasteiger partial charge is 0.257 e. The molecule has 0 saturated carbocycles. The van der Waals surface area contributed by atoms with Crippen LogP contribution in [-0.2, 0) is 19.1 Å². The number of carbonyl (C=O) groups excluding carboxylic acids is 2. The van der Waals surface area contributed by atoms with Gasteiger partial charge in [0.2, 0.25) is 0 Å². The summed E-state index contributed by atoms with van der Waals surface area (Å²) in [5.74, 6) is -0.435. The molecule has 1 saturated heterocycles. The molecule has 2 rings (SSSR count). The Morgan fingerprint density at radius 2 is 1.82 bits per heavy atom. The number of methoxy groups -OCH3 is 1. The van der Waals surface area contributed by atoms with Crippen LogP contribution in [0.25, 0.3) is 0 Å². The van der Waals surface area contributed by atoms with E-state index in [0.717, 1.165) is 12.8 Å². The zero-order chi connectivity index (χ0) is 12.6. The van der Waals surface area contributed by atoms with Crippen molar-refractivity contribution in [1.29, 1.82) is 0 Å². The Kier molecular flexibility index (Phi) is 3.31. The lowest BCUT2D eigenvalue weighted by atomic mass is 10.1. The monoisotopic (exact) mass is 239 g/mol. The molecule has 0 radical (unpaired) electrons. The molecule has 17 heavy (non-hydrogen) atoms. The van der Waals surface area contributed by atoms with E-state index in [1.165, 1.54) is 12.0 Å². The van der Waals surface area contributed by atoms with Crippen molar-refractivity contribution in [2.45, 2.75) is 39.0 Å². The highest BCUT2D eigenvalue weighted by molar-refractivity contribution is 6.19. The Bertz CT molecular complexity index is 364. The van der Waals surface area contributed by atoms with Gasteiger partial charge in [0.1, 0.15) is 0 Å². The van der Waals surface area contributed by atoms with Crippen LogP contribution in [0.15, 0.2) is 11.1 Å². The van der Waals surface area contributed by atoms with Gasteiger partial charge >= 0.3 is 0 Å². The largest absolute Gasteiger partial charge is 0.354 e. The molecule has 5 heteroatoms. The number of rotatable bonds is 2. The van der Waals surface area contributed by atoms with Crippen molar-refractivity contribution in [3.05, 3.63) is 11.1 Å². The molecular weight excluding hydrogens is 222 g/mol. The first-order chi connectivity index (χ1) is 8.07. The summed E-state index contributed by atoms with van der Waals surface area (Å²) in [6, 6.07) is -0.304. The predicted molar refractivity (Wildman–Crippen MR) is 60.0 cm³/mol. The maximum absolute atomic E-state index is 12.0. The summed E-state index contributed by atoms with van der Waals surface area (Å²) in [5.41, 5.74) is 1.05. The molecule has 0 aromatic rings. The second-order valence-corrected chi connectivity index (χ2v) is 4.41. The number of imide groups is 1. The zero-order valence-corrected chi connectivity index (χ0v) is 10.4.